The second kappa shape index (κ2) is 11.9. The van der Waals surface area contributed by atoms with Crippen LogP contribution in [0.1, 0.15) is 63.5 Å². The van der Waals surface area contributed by atoms with Gasteiger partial charge in [-0.3, -0.25) is 9.69 Å². The average Bonchev–Trinajstić information content (AvgIpc) is 3.26. The van der Waals surface area contributed by atoms with E-state index in [1.807, 2.05) is 4.90 Å². The van der Waals surface area contributed by atoms with Crippen molar-refractivity contribution < 1.29 is 4.79 Å². The Bertz CT molecular complexity index is 681. The number of benzene rings is 1. The molecule has 1 amide bonds. The molecule has 1 atom stereocenters. The summed E-state index contributed by atoms with van der Waals surface area (Å²) in [7, 11) is 0. The molecule has 2 saturated heterocycles. The molecule has 0 radical (unpaired) electrons. The molecule has 0 saturated carbocycles. The molecule has 1 aromatic rings. The van der Waals surface area contributed by atoms with Crippen LogP contribution in [0.15, 0.2) is 29.3 Å². The molecule has 1 aromatic carbocycles. The fourth-order valence-electron chi connectivity index (χ4n) is 4.36. The van der Waals surface area contributed by atoms with Gasteiger partial charge in [-0.05, 0) is 70.2 Å². The normalized spacial score (nSPS) is 20.4. The number of nitrogens with one attached hydrogen (secondary N) is 2. The van der Waals surface area contributed by atoms with E-state index in [2.05, 4.69) is 53.6 Å². The van der Waals surface area contributed by atoms with Crippen molar-refractivity contribution in [2.45, 2.75) is 71.5 Å². The SMILES string of the molecule is CCNC(=NCc1ccc(CN2CCCC2)cc1)NCCC(=O)N1CCCCC1C. The number of nitrogens with zero attached hydrogens (tertiary/aromatic N) is 3. The number of hydrogen-bond donors (Lipinski definition) is 2. The molecule has 0 aromatic heterocycles. The van der Waals surface area contributed by atoms with E-state index >= 15 is 0 Å². The van der Waals surface area contributed by atoms with Gasteiger partial charge in [0.25, 0.3) is 0 Å². The lowest BCUT2D eigenvalue weighted by Gasteiger charge is -2.33. The molecule has 6 heteroatoms. The number of aliphatic imine (C=N–C) groups is 1. The number of amides is 1. The number of piperidine rings is 1. The molecule has 2 aliphatic heterocycles. The number of likely N-dealkylation sites (tertiary alicyclic amines) is 2. The van der Waals surface area contributed by atoms with E-state index in [4.69, 9.17) is 4.99 Å². The Labute approximate surface area is 182 Å². The summed E-state index contributed by atoms with van der Waals surface area (Å²) in [5.41, 5.74) is 2.58. The van der Waals surface area contributed by atoms with E-state index in [0.717, 1.165) is 38.4 Å². The largest absolute Gasteiger partial charge is 0.357 e. The summed E-state index contributed by atoms with van der Waals surface area (Å²) in [6.07, 6.45) is 6.66. The summed E-state index contributed by atoms with van der Waals surface area (Å²) >= 11 is 0. The van der Waals surface area contributed by atoms with E-state index in [0.29, 0.717) is 25.6 Å². The Morgan fingerprint density at radius 1 is 1.03 bits per heavy atom. The topological polar surface area (TPSA) is 60.0 Å². The molecule has 166 valence electrons. The van der Waals surface area contributed by atoms with Gasteiger partial charge in [0.1, 0.15) is 0 Å². The molecule has 2 heterocycles. The number of guanidine groups is 1. The summed E-state index contributed by atoms with van der Waals surface area (Å²) in [4.78, 5) is 21.8. The van der Waals surface area contributed by atoms with Gasteiger partial charge >= 0.3 is 0 Å². The number of hydrogen-bond acceptors (Lipinski definition) is 3. The predicted octanol–water partition coefficient (Wildman–Crippen LogP) is 3.13. The van der Waals surface area contributed by atoms with Gasteiger partial charge < -0.3 is 15.5 Å². The zero-order valence-electron chi connectivity index (χ0n) is 18.8. The van der Waals surface area contributed by atoms with Crippen LogP contribution in [0, 0.1) is 0 Å². The minimum Gasteiger partial charge on any atom is -0.357 e. The highest BCUT2D eigenvalue weighted by atomic mass is 16.2. The molecule has 0 spiro atoms. The van der Waals surface area contributed by atoms with Crippen LogP contribution >= 0.6 is 0 Å². The van der Waals surface area contributed by atoms with Crippen molar-refractivity contribution in [2.75, 3.05) is 32.7 Å². The van der Waals surface area contributed by atoms with Gasteiger partial charge in [-0.1, -0.05) is 24.3 Å². The Morgan fingerprint density at radius 2 is 1.73 bits per heavy atom. The van der Waals surface area contributed by atoms with Crippen LogP contribution in [0.5, 0.6) is 0 Å². The fourth-order valence-corrected chi connectivity index (χ4v) is 4.36. The lowest BCUT2D eigenvalue weighted by molar-refractivity contribution is -0.134. The Kier molecular flexibility index (Phi) is 9.00. The number of carbonyl (C=O) groups excluding carboxylic acids is 1. The first-order valence-electron chi connectivity index (χ1n) is 11.8. The van der Waals surface area contributed by atoms with Gasteiger partial charge in [0.2, 0.25) is 5.91 Å². The molecule has 30 heavy (non-hydrogen) atoms. The van der Waals surface area contributed by atoms with Crippen LogP contribution in [0.3, 0.4) is 0 Å². The van der Waals surface area contributed by atoms with E-state index in [1.54, 1.807) is 0 Å². The third-order valence-electron chi connectivity index (χ3n) is 6.15. The van der Waals surface area contributed by atoms with Crippen molar-refractivity contribution in [1.82, 2.24) is 20.4 Å². The minimum atomic E-state index is 0.249. The van der Waals surface area contributed by atoms with Crippen molar-refractivity contribution in [3.8, 4) is 0 Å². The van der Waals surface area contributed by atoms with Crippen LogP contribution in [-0.4, -0.2) is 60.4 Å². The highest BCUT2D eigenvalue weighted by molar-refractivity contribution is 5.81. The van der Waals surface area contributed by atoms with E-state index in [-0.39, 0.29) is 5.91 Å². The highest BCUT2D eigenvalue weighted by Crippen LogP contribution is 2.17. The zero-order chi connectivity index (χ0) is 21.2. The summed E-state index contributed by atoms with van der Waals surface area (Å²) in [5, 5.41) is 6.60. The van der Waals surface area contributed by atoms with E-state index < -0.39 is 0 Å². The third kappa shape index (κ3) is 7.01. The van der Waals surface area contributed by atoms with Gasteiger partial charge in [0.05, 0.1) is 6.54 Å². The Balaban J connectivity index is 1.44. The van der Waals surface area contributed by atoms with E-state index in [9.17, 15) is 4.79 Å². The van der Waals surface area contributed by atoms with Crippen molar-refractivity contribution in [2.24, 2.45) is 4.99 Å². The molecule has 6 nitrogen and oxygen atoms in total. The quantitative estimate of drug-likeness (QED) is 0.508. The van der Waals surface area contributed by atoms with Gasteiger partial charge in [-0.2, -0.15) is 0 Å². The molecule has 0 bridgehead atoms. The molecule has 0 aliphatic carbocycles. The summed E-state index contributed by atoms with van der Waals surface area (Å²) < 4.78 is 0. The van der Waals surface area contributed by atoms with Gasteiger partial charge in [0, 0.05) is 38.6 Å². The Hall–Kier alpha value is -2.08. The smallest absolute Gasteiger partial charge is 0.224 e. The fraction of sp³-hybridized carbons (Fsp3) is 0.667. The molecule has 2 N–H and O–H groups in total. The average molecular weight is 414 g/mol. The predicted molar refractivity (Wildman–Crippen MR) is 123 cm³/mol. The molecule has 2 aliphatic rings. The second-order valence-corrected chi connectivity index (χ2v) is 8.60. The first-order valence-corrected chi connectivity index (χ1v) is 11.8. The second-order valence-electron chi connectivity index (χ2n) is 8.60. The first kappa shape index (κ1) is 22.6. The number of carbonyl (C=O) groups is 1. The molecule has 3 rings (SSSR count). The lowest BCUT2D eigenvalue weighted by atomic mass is 10.0. The molecular formula is C24H39N5O. The highest BCUT2D eigenvalue weighted by Gasteiger charge is 2.22. The lowest BCUT2D eigenvalue weighted by Crippen LogP contribution is -2.44. The molecule has 1 unspecified atom stereocenters. The zero-order valence-corrected chi connectivity index (χ0v) is 18.8. The standard InChI is InChI=1S/C24H39N5O/c1-3-25-24(26-14-13-23(30)29-17-5-4-8-20(29)2)27-18-21-9-11-22(12-10-21)19-28-15-6-7-16-28/h9-12,20H,3-8,13-19H2,1-2H3,(H2,25,26,27). The molecule has 2 fully saturated rings. The third-order valence-corrected chi connectivity index (χ3v) is 6.15. The van der Waals surface area contributed by atoms with Crippen LogP contribution < -0.4 is 10.6 Å². The maximum absolute atomic E-state index is 12.5. The van der Waals surface area contributed by atoms with Crippen LogP contribution in [0.4, 0.5) is 0 Å². The van der Waals surface area contributed by atoms with Crippen molar-refractivity contribution in [1.29, 1.82) is 0 Å². The summed E-state index contributed by atoms with van der Waals surface area (Å²) in [6.45, 7) is 10.7. The molecular weight excluding hydrogens is 374 g/mol. The van der Waals surface area contributed by atoms with E-state index in [1.165, 1.54) is 43.5 Å². The summed E-state index contributed by atoms with van der Waals surface area (Å²) in [5.74, 6) is 1.03. The minimum absolute atomic E-state index is 0.249. The maximum Gasteiger partial charge on any atom is 0.224 e. The van der Waals surface area contributed by atoms with Crippen molar-refractivity contribution >= 4 is 11.9 Å². The maximum atomic E-state index is 12.5. The van der Waals surface area contributed by atoms with Crippen LogP contribution in [0.2, 0.25) is 0 Å². The van der Waals surface area contributed by atoms with Gasteiger partial charge in [0.15, 0.2) is 5.96 Å². The van der Waals surface area contributed by atoms with Gasteiger partial charge in [-0.15, -0.1) is 0 Å². The van der Waals surface area contributed by atoms with Crippen LogP contribution in [-0.2, 0) is 17.9 Å². The summed E-state index contributed by atoms with van der Waals surface area (Å²) in [6, 6.07) is 9.19. The first-order chi connectivity index (χ1) is 14.7. The van der Waals surface area contributed by atoms with Gasteiger partial charge in [-0.25, -0.2) is 4.99 Å². The number of rotatable bonds is 8. The Morgan fingerprint density at radius 3 is 2.43 bits per heavy atom. The monoisotopic (exact) mass is 413 g/mol. The van der Waals surface area contributed by atoms with Crippen molar-refractivity contribution in [3.05, 3.63) is 35.4 Å². The van der Waals surface area contributed by atoms with Crippen molar-refractivity contribution in [3.63, 3.8) is 0 Å². The van der Waals surface area contributed by atoms with Crippen LogP contribution in [0.25, 0.3) is 0 Å².